The molecule has 1 atom stereocenters. The van der Waals surface area contributed by atoms with Gasteiger partial charge in [-0.1, -0.05) is 13.3 Å². The summed E-state index contributed by atoms with van der Waals surface area (Å²) in [5, 5.41) is 0. The maximum atomic E-state index is 13.0. The SMILES string of the molecule is CCCCn1c(N)c(N(CC)C(=O)CN2CCC[C@H](C(F)(F)F)C2)c(=O)[nH]c1=O. The maximum absolute atomic E-state index is 13.0. The van der Waals surface area contributed by atoms with Crippen LogP contribution in [0.15, 0.2) is 9.59 Å². The molecule has 1 aliphatic heterocycles. The minimum absolute atomic E-state index is 0.0424. The number of nitrogens with two attached hydrogens (primary N) is 1. The Morgan fingerprint density at radius 2 is 2.00 bits per heavy atom. The Hall–Kier alpha value is -2.30. The summed E-state index contributed by atoms with van der Waals surface area (Å²) in [5.74, 6) is -2.12. The Kier molecular flexibility index (Phi) is 7.50. The van der Waals surface area contributed by atoms with Crippen LogP contribution in [0.1, 0.15) is 39.5 Å². The number of aromatic amines is 1. The summed E-state index contributed by atoms with van der Waals surface area (Å²) in [6.45, 7) is 3.81. The van der Waals surface area contributed by atoms with Crippen LogP contribution in [0.4, 0.5) is 24.7 Å². The Bertz CT molecular complexity index is 834. The van der Waals surface area contributed by atoms with Crippen molar-refractivity contribution in [2.24, 2.45) is 5.92 Å². The summed E-state index contributed by atoms with van der Waals surface area (Å²) in [6, 6.07) is 0. The van der Waals surface area contributed by atoms with Crippen LogP contribution in [0, 0.1) is 5.92 Å². The van der Waals surface area contributed by atoms with E-state index in [2.05, 4.69) is 4.98 Å². The second kappa shape index (κ2) is 9.47. The molecule has 1 aliphatic rings. The molecule has 3 N–H and O–H groups in total. The Balaban J connectivity index is 2.26. The second-order valence-electron chi connectivity index (χ2n) is 7.25. The standard InChI is InChI=1S/C18H28F3N5O3/c1-3-5-9-26-15(22)14(16(28)23-17(26)29)25(4-2)13(27)11-24-8-6-7-12(10-24)18(19,20)21/h12H,3-11,22H2,1-2H3,(H,23,28,29)/t12-/m0/s1. The number of rotatable bonds is 7. The molecule has 1 saturated heterocycles. The Morgan fingerprint density at radius 3 is 2.59 bits per heavy atom. The third-order valence-corrected chi connectivity index (χ3v) is 5.16. The molecule has 0 aliphatic carbocycles. The molecular formula is C18H28F3N5O3. The van der Waals surface area contributed by atoms with Gasteiger partial charge in [0.15, 0.2) is 5.69 Å². The fourth-order valence-electron chi connectivity index (χ4n) is 3.58. The summed E-state index contributed by atoms with van der Waals surface area (Å²) in [6.07, 6.45) is -2.47. The van der Waals surface area contributed by atoms with E-state index in [1.165, 1.54) is 9.47 Å². The molecule has 0 aromatic carbocycles. The normalized spacial score (nSPS) is 18.0. The van der Waals surface area contributed by atoms with Crippen molar-refractivity contribution in [2.45, 2.75) is 52.3 Å². The maximum Gasteiger partial charge on any atom is 0.393 e. The number of nitrogen functional groups attached to an aromatic ring is 1. The smallest absolute Gasteiger partial charge is 0.383 e. The summed E-state index contributed by atoms with van der Waals surface area (Å²) in [5.41, 5.74) is 4.45. The van der Waals surface area contributed by atoms with Crippen LogP contribution in [-0.2, 0) is 11.3 Å². The molecular weight excluding hydrogens is 391 g/mol. The number of amides is 1. The fourth-order valence-corrected chi connectivity index (χ4v) is 3.58. The number of hydrogen-bond acceptors (Lipinski definition) is 5. The highest BCUT2D eigenvalue weighted by atomic mass is 19.4. The lowest BCUT2D eigenvalue weighted by molar-refractivity contribution is -0.187. The fraction of sp³-hybridized carbons (Fsp3) is 0.722. The number of nitrogens with one attached hydrogen (secondary N) is 1. The number of unbranched alkanes of at least 4 members (excludes halogenated alkanes) is 1. The van der Waals surface area contributed by atoms with Crippen molar-refractivity contribution in [3.05, 3.63) is 20.8 Å². The lowest BCUT2D eigenvalue weighted by Crippen LogP contribution is -2.48. The molecule has 2 rings (SSSR count). The zero-order chi connectivity index (χ0) is 21.8. The number of carbonyl (C=O) groups excluding carboxylic acids is 1. The van der Waals surface area contributed by atoms with Gasteiger partial charge in [-0.25, -0.2) is 4.79 Å². The van der Waals surface area contributed by atoms with Gasteiger partial charge < -0.3 is 10.6 Å². The van der Waals surface area contributed by atoms with Crippen molar-refractivity contribution in [3.63, 3.8) is 0 Å². The molecule has 0 unspecified atom stereocenters. The van der Waals surface area contributed by atoms with Crippen molar-refractivity contribution >= 4 is 17.4 Å². The number of likely N-dealkylation sites (tertiary alicyclic amines) is 1. The lowest BCUT2D eigenvalue weighted by Gasteiger charge is -2.34. The molecule has 1 fully saturated rings. The third-order valence-electron chi connectivity index (χ3n) is 5.16. The van der Waals surface area contributed by atoms with Crippen molar-refractivity contribution in [2.75, 3.05) is 36.8 Å². The van der Waals surface area contributed by atoms with Gasteiger partial charge in [-0.15, -0.1) is 0 Å². The summed E-state index contributed by atoms with van der Waals surface area (Å²) in [4.78, 5) is 42.0. The van der Waals surface area contributed by atoms with Gasteiger partial charge >= 0.3 is 11.9 Å². The van der Waals surface area contributed by atoms with Gasteiger partial charge in [0, 0.05) is 19.6 Å². The first-order chi connectivity index (χ1) is 13.6. The number of piperidine rings is 1. The first kappa shape index (κ1) is 23.0. The van der Waals surface area contributed by atoms with E-state index >= 15 is 0 Å². The number of nitrogens with zero attached hydrogens (tertiary/aromatic N) is 3. The third kappa shape index (κ3) is 5.40. The van der Waals surface area contributed by atoms with Crippen molar-refractivity contribution in [1.82, 2.24) is 14.5 Å². The minimum atomic E-state index is -4.30. The number of H-pyrrole nitrogens is 1. The monoisotopic (exact) mass is 419 g/mol. The highest BCUT2D eigenvalue weighted by Gasteiger charge is 2.42. The number of aromatic nitrogens is 2. The van der Waals surface area contributed by atoms with E-state index in [9.17, 15) is 27.6 Å². The van der Waals surface area contributed by atoms with Gasteiger partial charge in [0.2, 0.25) is 5.91 Å². The Morgan fingerprint density at radius 1 is 1.31 bits per heavy atom. The number of alkyl halides is 3. The van der Waals surface area contributed by atoms with Gasteiger partial charge in [-0.05, 0) is 32.7 Å². The van der Waals surface area contributed by atoms with E-state index in [0.29, 0.717) is 19.4 Å². The molecule has 0 spiro atoms. The number of anilines is 2. The van der Waals surface area contributed by atoms with Crippen LogP contribution >= 0.6 is 0 Å². The predicted molar refractivity (Wildman–Crippen MR) is 104 cm³/mol. The lowest BCUT2D eigenvalue weighted by atomic mass is 9.97. The van der Waals surface area contributed by atoms with Gasteiger partial charge in [0.05, 0.1) is 12.5 Å². The summed E-state index contributed by atoms with van der Waals surface area (Å²) >= 11 is 0. The van der Waals surface area contributed by atoms with E-state index in [1.807, 2.05) is 6.92 Å². The highest BCUT2D eigenvalue weighted by Crippen LogP contribution is 2.33. The molecule has 11 heteroatoms. The van der Waals surface area contributed by atoms with Crippen LogP contribution in [0.5, 0.6) is 0 Å². The quantitative estimate of drug-likeness (QED) is 0.698. The molecule has 29 heavy (non-hydrogen) atoms. The predicted octanol–water partition coefficient (Wildman–Crippen LogP) is 1.55. The molecule has 1 amide bonds. The van der Waals surface area contributed by atoms with Crippen LogP contribution in [0.2, 0.25) is 0 Å². The average Bonchev–Trinajstić information content (AvgIpc) is 2.64. The molecule has 1 aromatic heterocycles. The van der Waals surface area contributed by atoms with Crippen molar-refractivity contribution in [3.8, 4) is 0 Å². The zero-order valence-electron chi connectivity index (χ0n) is 16.7. The minimum Gasteiger partial charge on any atom is -0.383 e. The number of carbonyl (C=O) groups is 1. The second-order valence-corrected chi connectivity index (χ2v) is 7.25. The van der Waals surface area contributed by atoms with Gasteiger partial charge in [0.1, 0.15) is 5.82 Å². The molecule has 2 heterocycles. The molecule has 1 aromatic rings. The van der Waals surface area contributed by atoms with E-state index < -0.39 is 29.3 Å². The molecule has 0 radical (unpaired) electrons. The topological polar surface area (TPSA) is 104 Å². The van der Waals surface area contributed by atoms with Crippen molar-refractivity contribution < 1.29 is 18.0 Å². The first-order valence-corrected chi connectivity index (χ1v) is 9.82. The van der Waals surface area contributed by atoms with Crippen LogP contribution in [-0.4, -0.2) is 52.7 Å². The van der Waals surface area contributed by atoms with Crippen molar-refractivity contribution in [1.29, 1.82) is 0 Å². The zero-order valence-corrected chi connectivity index (χ0v) is 16.7. The van der Waals surface area contributed by atoms with Gasteiger partial charge in [0.25, 0.3) is 5.56 Å². The number of hydrogen-bond donors (Lipinski definition) is 2. The number of likely N-dealkylation sites (N-methyl/N-ethyl adjacent to an activating group) is 1. The van der Waals surface area contributed by atoms with Crippen LogP contribution in [0.25, 0.3) is 0 Å². The van der Waals surface area contributed by atoms with Crippen LogP contribution in [0.3, 0.4) is 0 Å². The largest absolute Gasteiger partial charge is 0.393 e. The van der Waals surface area contributed by atoms with E-state index in [0.717, 1.165) is 11.3 Å². The van der Waals surface area contributed by atoms with Gasteiger partial charge in [-0.3, -0.25) is 24.0 Å². The van der Waals surface area contributed by atoms with Crippen LogP contribution < -0.4 is 21.9 Å². The Labute approximate surface area is 166 Å². The summed E-state index contributed by atoms with van der Waals surface area (Å²) < 4.78 is 40.3. The first-order valence-electron chi connectivity index (χ1n) is 9.82. The average molecular weight is 419 g/mol. The molecule has 8 nitrogen and oxygen atoms in total. The van der Waals surface area contributed by atoms with Gasteiger partial charge in [-0.2, -0.15) is 13.2 Å². The summed E-state index contributed by atoms with van der Waals surface area (Å²) in [7, 11) is 0. The van der Waals surface area contributed by atoms with E-state index in [4.69, 9.17) is 5.73 Å². The van der Waals surface area contributed by atoms with E-state index in [-0.39, 0.29) is 44.1 Å². The number of halogens is 3. The molecule has 164 valence electrons. The van der Waals surface area contributed by atoms with E-state index in [1.54, 1.807) is 6.92 Å². The molecule has 0 bridgehead atoms. The molecule has 0 saturated carbocycles. The highest BCUT2D eigenvalue weighted by molar-refractivity contribution is 5.96.